The average molecular weight is 238 g/mol. The van der Waals surface area contributed by atoms with Crippen molar-refractivity contribution in [3.63, 3.8) is 0 Å². The van der Waals surface area contributed by atoms with E-state index >= 15 is 0 Å². The van der Waals surface area contributed by atoms with Crippen molar-refractivity contribution in [2.75, 3.05) is 6.54 Å². The summed E-state index contributed by atoms with van der Waals surface area (Å²) in [5.41, 5.74) is 0. The number of carbonyl (C=O) groups is 1. The summed E-state index contributed by atoms with van der Waals surface area (Å²) in [6.45, 7) is 9.06. The molecule has 0 aliphatic rings. The van der Waals surface area contributed by atoms with Crippen molar-refractivity contribution in [3.05, 3.63) is 0 Å². The molecule has 3 nitrogen and oxygen atoms in total. The second-order valence-electron chi connectivity index (χ2n) is 4.61. The normalized spacial score (nSPS) is 13.8. The van der Waals surface area contributed by atoms with E-state index in [1.54, 1.807) is 0 Å². The van der Waals surface area contributed by atoms with E-state index in [0.29, 0.717) is 6.42 Å². The van der Waals surface area contributed by atoms with Gasteiger partial charge in [-0.2, -0.15) is 5.26 Å². The summed E-state index contributed by atoms with van der Waals surface area (Å²) in [6, 6.07) is 2.39. The molecule has 0 bridgehead atoms. The maximum atomic E-state index is 12.3. The number of rotatable bonds is 8. The summed E-state index contributed by atoms with van der Waals surface area (Å²) < 4.78 is 0. The molecule has 0 spiro atoms. The van der Waals surface area contributed by atoms with Crippen LogP contribution in [-0.2, 0) is 4.79 Å². The van der Waals surface area contributed by atoms with Crippen molar-refractivity contribution in [2.24, 2.45) is 5.92 Å². The van der Waals surface area contributed by atoms with Crippen molar-refractivity contribution in [2.45, 2.75) is 65.8 Å². The van der Waals surface area contributed by atoms with Crippen molar-refractivity contribution < 1.29 is 4.79 Å². The molecule has 0 aromatic rings. The molecular formula is C14H26N2O. The number of unbranched alkanes of at least 4 members (excludes halogenated alkanes) is 1. The molecule has 0 N–H and O–H groups in total. The van der Waals surface area contributed by atoms with Crippen molar-refractivity contribution in [1.29, 1.82) is 5.26 Å². The minimum atomic E-state index is -0.453. The Hall–Kier alpha value is -1.04. The highest BCUT2D eigenvalue weighted by atomic mass is 16.2. The second kappa shape index (κ2) is 9.04. The lowest BCUT2D eigenvalue weighted by molar-refractivity contribution is -0.136. The van der Waals surface area contributed by atoms with Crippen molar-refractivity contribution in [3.8, 4) is 6.07 Å². The molecule has 2 atom stereocenters. The van der Waals surface area contributed by atoms with Gasteiger partial charge in [-0.25, -0.2) is 0 Å². The molecule has 1 amide bonds. The lowest BCUT2D eigenvalue weighted by Crippen LogP contribution is -2.42. The van der Waals surface area contributed by atoms with Gasteiger partial charge in [0, 0.05) is 12.6 Å². The highest BCUT2D eigenvalue weighted by Crippen LogP contribution is 2.14. The standard InChI is InChI=1S/C14H26N2O/c1-5-8-10-16(12(4)7-3)14(17)13(11-15)9-6-2/h12-13H,5-10H2,1-4H3. The number of nitriles is 1. The van der Waals surface area contributed by atoms with Gasteiger partial charge in [0.1, 0.15) is 5.92 Å². The lowest BCUT2D eigenvalue weighted by Gasteiger charge is -2.30. The minimum absolute atomic E-state index is 0.0251. The Morgan fingerprint density at radius 2 is 1.94 bits per heavy atom. The molecule has 3 heteroatoms. The molecule has 0 radical (unpaired) electrons. The van der Waals surface area contributed by atoms with Crippen LogP contribution in [0.4, 0.5) is 0 Å². The summed E-state index contributed by atoms with van der Waals surface area (Å²) in [5.74, 6) is -0.428. The number of carbonyl (C=O) groups excluding carboxylic acids is 1. The summed E-state index contributed by atoms with van der Waals surface area (Å²) in [4.78, 5) is 14.2. The van der Waals surface area contributed by atoms with E-state index in [1.807, 2.05) is 11.8 Å². The molecule has 0 aromatic heterocycles. The van der Waals surface area contributed by atoms with Gasteiger partial charge < -0.3 is 4.90 Å². The molecule has 0 saturated heterocycles. The fraction of sp³-hybridized carbons (Fsp3) is 0.857. The highest BCUT2D eigenvalue weighted by molar-refractivity contribution is 5.81. The molecule has 0 heterocycles. The number of amides is 1. The van der Waals surface area contributed by atoms with Gasteiger partial charge in [-0.1, -0.05) is 33.6 Å². The van der Waals surface area contributed by atoms with Crippen LogP contribution in [0.15, 0.2) is 0 Å². The number of hydrogen-bond acceptors (Lipinski definition) is 2. The maximum Gasteiger partial charge on any atom is 0.240 e. The van der Waals surface area contributed by atoms with Crippen LogP contribution in [0, 0.1) is 17.2 Å². The molecule has 0 rings (SSSR count). The minimum Gasteiger partial charge on any atom is -0.339 e. The summed E-state index contributed by atoms with van der Waals surface area (Å²) in [5, 5.41) is 9.06. The van der Waals surface area contributed by atoms with Gasteiger partial charge in [-0.05, 0) is 26.2 Å². The van der Waals surface area contributed by atoms with Gasteiger partial charge in [-0.3, -0.25) is 4.79 Å². The van der Waals surface area contributed by atoms with Crippen LogP contribution in [0.2, 0.25) is 0 Å². The predicted molar refractivity (Wildman–Crippen MR) is 70.4 cm³/mol. The summed E-state index contributed by atoms with van der Waals surface area (Å²) in [7, 11) is 0. The van der Waals surface area contributed by atoms with Crippen molar-refractivity contribution >= 4 is 5.91 Å². The Balaban J connectivity index is 4.66. The van der Waals surface area contributed by atoms with E-state index in [0.717, 1.165) is 32.2 Å². The van der Waals surface area contributed by atoms with Gasteiger partial charge in [0.25, 0.3) is 0 Å². The van der Waals surface area contributed by atoms with Gasteiger partial charge in [-0.15, -0.1) is 0 Å². The van der Waals surface area contributed by atoms with Gasteiger partial charge in [0.05, 0.1) is 6.07 Å². The lowest BCUT2D eigenvalue weighted by atomic mass is 10.0. The van der Waals surface area contributed by atoms with E-state index in [4.69, 9.17) is 5.26 Å². The highest BCUT2D eigenvalue weighted by Gasteiger charge is 2.25. The van der Waals surface area contributed by atoms with Crippen LogP contribution in [-0.4, -0.2) is 23.4 Å². The van der Waals surface area contributed by atoms with E-state index in [-0.39, 0.29) is 11.9 Å². The van der Waals surface area contributed by atoms with Gasteiger partial charge >= 0.3 is 0 Å². The SMILES string of the molecule is CCCCN(C(=O)C(C#N)CCC)C(C)CC. The predicted octanol–water partition coefficient (Wildman–Crippen LogP) is 3.35. The molecule has 2 unspecified atom stereocenters. The first-order chi connectivity index (χ1) is 8.12. The van der Waals surface area contributed by atoms with Gasteiger partial charge in [0.15, 0.2) is 0 Å². The third-order valence-electron chi connectivity index (χ3n) is 3.19. The van der Waals surface area contributed by atoms with E-state index in [1.165, 1.54) is 0 Å². The van der Waals surface area contributed by atoms with Crippen LogP contribution in [0.5, 0.6) is 0 Å². The smallest absolute Gasteiger partial charge is 0.240 e. The fourth-order valence-corrected chi connectivity index (χ4v) is 1.83. The Labute approximate surface area is 106 Å². The van der Waals surface area contributed by atoms with Crippen molar-refractivity contribution in [1.82, 2.24) is 4.90 Å². The van der Waals surface area contributed by atoms with E-state index < -0.39 is 5.92 Å². The zero-order valence-electron chi connectivity index (χ0n) is 11.7. The van der Waals surface area contributed by atoms with Crippen LogP contribution >= 0.6 is 0 Å². The topological polar surface area (TPSA) is 44.1 Å². The molecule has 0 fully saturated rings. The molecule has 0 aromatic carbocycles. The maximum absolute atomic E-state index is 12.3. The monoisotopic (exact) mass is 238 g/mol. The first kappa shape index (κ1) is 16.0. The first-order valence-corrected chi connectivity index (χ1v) is 6.82. The quantitative estimate of drug-likeness (QED) is 0.651. The second-order valence-corrected chi connectivity index (χ2v) is 4.61. The van der Waals surface area contributed by atoms with E-state index in [9.17, 15) is 4.79 Å². The average Bonchev–Trinajstić information content (AvgIpc) is 2.35. The summed E-state index contributed by atoms with van der Waals surface area (Å²) in [6.07, 6.45) is 4.59. The molecule has 0 aliphatic carbocycles. The molecule has 0 saturated carbocycles. The Bertz CT molecular complexity index is 257. The largest absolute Gasteiger partial charge is 0.339 e. The zero-order chi connectivity index (χ0) is 13.3. The number of hydrogen-bond donors (Lipinski definition) is 0. The fourth-order valence-electron chi connectivity index (χ4n) is 1.83. The Morgan fingerprint density at radius 1 is 1.29 bits per heavy atom. The molecule has 0 aliphatic heterocycles. The number of nitrogens with zero attached hydrogens (tertiary/aromatic N) is 2. The molecular weight excluding hydrogens is 212 g/mol. The van der Waals surface area contributed by atoms with Crippen LogP contribution in [0.1, 0.15) is 59.8 Å². The zero-order valence-corrected chi connectivity index (χ0v) is 11.7. The van der Waals surface area contributed by atoms with Crippen LogP contribution in [0.25, 0.3) is 0 Å². The summed E-state index contributed by atoms with van der Waals surface area (Å²) >= 11 is 0. The van der Waals surface area contributed by atoms with Crippen LogP contribution in [0.3, 0.4) is 0 Å². The third kappa shape index (κ3) is 5.21. The van der Waals surface area contributed by atoms with E-state index in [2.05, 4.69) is 26.8 Å². The third-order valence-corrected chi connectivity index (χ3v) is 3.19. The van der Waals surface area contributed by atoms with Gasteiger partial charge in [0.2, 0.25) is 5.91 Å². The molecule has 17 heavy (non-hydrogen) atoms. The van der Waals surface area contributed by atoms with Crippen LogP contribution < -0.4 is 0 Å². The first-order valence-electron chi connectivity index (χ1n) is 6.82. The Morgan fingerprint density at radius 3 is 2.35 bits per heavy atom. The molecule has 98 valence electrons. The Kier molecular flexibility index (Phi) is 8.49.